The smallest absolute Gasteiger partial charge is 0.255 e. The van der Waals surface area contributed by atoms with E-state index < -0.39 is 7.26 Å². The Kier molecular flexibility index (Phi) is 6.16. The maximum absolute atomic E-state index is 12.3. The molecule has 1 aliphatic carbocycles. The summed E-state index contributed by atoms with van der Waals surface area (Å²) >= 11 is 0. The zero-order valence-corrected chi connectivity index (χ0v) is 17.5. The zero-order valence-electron chi connectivity index (χ0n) is 16.6. The lowest BCUT2D eigenvalue weighted by Gasteiger charge is -2.24. The summed E-state index contributed by atoms with van der Waals surface area (Å²) in [4.78, 5) is 12.3. The second-order valence-electron chi connectivity index (χ2n) is 7.52. The van der Waals surface area contributed by atoms with Crippen molar-refractivity contribution in [2.24, 2.45) is 0 Å². The lowest BCUT2D eigenvalue weighted by Crippen LogP contribution is -2.12. The van der Waals surface area contributed by atoms with Crippen molar-refractivity contribution in [1.29, 1.82) is 0 Å². The molecule has 144 valence electrons. The van der Waals surface area contributed by atoms with Gasteiger partial charge < -0.3 is 10.4 Å². The Bertz CT molecular complexity index is 939. The second kappa shape index (κ2) is 8.58. The summed E-state index contributed by atoms with van der Waals surface area (Å²) in [5.74, 6) is 2.22. The predicted molar refractivity (Wildman–Crippen MR) is 122 cm³/mol. The van der Waals surface area contributed by atoms with Gasteiger partial charge in [-0.25, -0.2) is 0 Å². The van der Waals surface area contributed by atoms with Crippen LogP contribution < -0.4 is 5.32 Å². The predicted octanol–water partition coefficient (Wildman–Crippen LogP) is 6.17. The molecule has 0 bridgehead atoms. The van der Waals surface area contributed by atoms with E-state index >= 15 is 0 Å². The standard InChI is InChI=1S/C24H26NO2P/c1-4-15-28(2,3)23-10-6-7-19(17-23)18-11-13-21(14-12-18)25-24(27)20-8-5-9-22(26)16-20/h4-9,11-17,23H,10H2,1-3H3,(H-,25,26,27)/p+1. The number of phenols is 1. The maximum atomic E-state index is 12.3. The first-order valence-corrected chi connectivity index (χ1v) is 12.3. The Morgan fingerprint density at radius 3 is 2.61 bits per heavy atom. The molecule has 0 aromatic heterocycles. The molecule has 0 aliphatic heterocycles. The van der Waals surface area contributed by atoms with Crippen LogP contribution in [0.25, 0.3) is 5.57 Å². The normalized spacial score (nSPS) is 16.8. The molecule has 2 N–H and O–H groups in total. The van der Waals surface area contributed by atoms with Crippen LogP contribution in [0.1, 0.15) is 29.3 Å². The van der Waals surface area contributed by atoms with Crippen LogP contribution in [0.15, 0.2) is 78.7 Å². The average Bonchev–Trinajstić information content (AvgIpc) is 2.68. The quantitative estimate of drug-likeness (QED) is 0.598. The molecule has 0 saturated carbocycles. The van der Waals surface area contributed by atoms with Gasteiger partial charge in [-0.2, -0.15) is 0 Å². The number of amides is 1. The van der Waals surface area contributed by atoms with Gasteiger partial charge in [0.2, 0.25) is 0 Å². The lowest BCUT2D eigenvalue weighted by molar-refractivity contribution is 0.102. The van der Waals surface area contributed by atoms with Crippen LogP contribution in [-0.4, -0.2) is 30.0 Å². The van der Waals surface area contributed by atoms with Gasteiger partial charge in [0, 0.05) is 24.9 Å². The summed E-state index contributed by atoms with van der Waals surface area (Å²) in [6.07, 6.45) is 10.1. The van der Waals surface area contributed by atoms with Crippen molar-refractivity contribution in [1.82, 2.24) is 0 Å². The third-order valence-corrected chi connectivity index (χ3v) is 8.16. The van der Waals surface area contributed by atoms with E-state index in [0.29, 0.717) is 11.2 Å². The molecule has 0 spiro atoms. The third kappa shape index (κ3) is 4.79. The Morgan fingerprint density at radius 1 is 1.18 bits per heavy atom. The minimum Gasteiger partial charge on any atom is -0.508 e. The van der Waals surface area contributed by atoms with Crippen LogP contribution in [0.3, 0.4) is 0 Å². The van der Waals surface area contributed by atoms with Crippen LogP contribution in [0.2, 0.25) is 0 Å². The van der Waals surface area contributed by atoms with Crippen molar-refractivity contribution in [3.05, 3.63) is 89.8 Å². The molecule has 2 aromatic rings. The van der Waals surface area contributed by atoms with E-state index in [1.165, 1.54) is 11.6 Å². The molecule has 1 atom stereocenters. The molecular formula is C24H27NO2P+. The van der Waals surface area contributed by atoms with Gasteiger partial charge in [0.15, 0.2) is 0 Å². The molecule has 3 rings (SSSR count). The van der Waals surface area contributed by atoms with Gasteiger partial charge in [-0.3, -0.25) is 4.79 Å². The second-order valence-corrected chi connectivity index (χ2v) is 11.7. The molecule has 1 unspecified atom stereocenters. The van der Waals surface area contributed by atoms with Crippen LogP contribution in [0.5, 0.6) is 5.75 Å². The summed E-state index contributed by atoms with van der Waals surface area (Å²) in [6.45, 7) is 6.85. The molecule has 1 aliphatic rings. The van der Waals surface area contributed by atoms with Gasteiger partial charge in [-0.15, -0.1) is 0 Å². The fourth-order valence-corrected chi connectivity index (χ4v) is 5.61. The molecule has 0 fully saturated rings. The molecule has 0 heterocycles. The number of hydrogen-bond donors (Lipinski definition) is 2. The molecule has 2 aromatic carbocycles. The number of aromatic hydroxyl groups is 1. The van der Waals surface area contributed by atoms with Crippen LogP contribution in [0, 0.1) is 0 Å². The minimum atomic E-state index is -1.13. The van der Waals surface area contributed by atoms with Gasteiger partial charge in [0.25, 0.3) is 5.91 Å². The van der Waals surface area contributed by atoms with Crippen LogP contribution >= 0.6 is 7.26 Å². The van der Waals surface area contributed by atoms with Crippen molar-refractivity contribution in [3.8, 4) is 5.75 Å². The van der Waals surface area contributed by atoms with Crippen molar-refractivity contribution < 1.29 is 9.90 Å². The van der Waals surface area contributed by atoms with E-state index in [9.17, 15) is 9.90 Å². The number of carbonyl (C=O) groups is 1. The number of hydrogen-bond acceptors (Lipinski definition) is 2. The van der Waals surface area contributed by atoms with Crippen molar-refractivity contribution >= 4 is 24.4 Å². The highest BCUT2D eigenvalue weighted by molar-refractivity contribution is 7.78. The fraction of sp³-hybridized carbons (Fsp3) is 0.208. The van der Waals surface area contributed by atoms with Gasteiger partial charge in [-0.05, 0) is 54.5 Å². The van der Waals surface area contributed by atoms with E-state index in [0.717, 1.165) is 17.7 Å². The summed E-state index contributed by atoms with van der Waals surface area (Å²) in [6, 6.07) is 14.2. The number of rotatable bonds is 5. The van der Waals surface area contributed by atoms with Crippen molar-refractivity contribution in [2.75, 3.05) is 18.6 Å². The van der Waals surface area contributed by atoms with Gasteiger partial charge in [0.05, 0.1) is 24.8 Å². The average molecular weight is 392 g/mol. The summed E-state index contributed by atoms with van der Waals surface area (Å²) in [7, 11) is -1.13. The third-order valence-electron chi connectivity index (χ3n) is 5.02. The lowest BCUT2D eigenvalue weighted by atomic mass is 9.99. The van der Waals surface area contributed by atoms with E-state index in [1.807, 2.05) is 24.3 Å². The van der Waals surface area contributed by atoms with Crippen molar-refractivity contribution in [2.45, 2.75) is 19.0 Å². The molecule has 0 radical (unpaired) electrons. The number of carbonyl (C=O) groups excluding carboxylic acids is 1. The summed E-state index contributed by atoms with van der Waals surface area (Å²) in [5, 5.41) is 12.4. The van der Waals surface area contributed by atoms with Gasteiger partial charge >= 0.3 is 0 Å². The van der Waals surface area contributed by atoms with Crippen LogP contribution in [0.4, 0.5) is 5.69 Å². The Hall–Kier alpha value is -2.64. The minimum absolute atomic E-state index is 0.0808. The number of benzene rings is 2. The zero-order chi connectivity index (χ0) is 20.1. The van der Waals surface area contributed by atoms with Gasteiger partial charge in [-0.1, -0.05) is 36.4 Å². The molecule has 3 nitrogen and oxygen atoms in total. The Labute approximate surface area is 167 Å². The Morgan fingerprint density at radius 2 is 1.93 bits per heavy atom. The topological polar surface area (TPSA) is 49.3 Å². The first kappa shape index (κ1) is 20.1. The molecule has 4 heteroatoms. The fourth-order valence-electron chi connectivity index (χ4n) is 3.41. The summed E-state index contributed by atoms with van der Waals surface area (Å²) in [5.41, 5.74) is 4.11. The molecule has 0 saturated heterocycles. The molecule has 1 amide bonds. The SMILES string of the molecule is CC=C[P+](C)(C)C1C=C(c2ccc(NC(=O)c3cccc(O)c3)cc2)C=CC1. The monoisotopic (exact) mass is 392 g/mol. The van der Waals surface area contributed by atoms with Crippen molar-refractivity contribution in [3.63, 3.8) is 0 Å². The van der Waals surface area contributed by atoms with E-state index in [4.69, 9.17) is 0 Å². The molecule has 28 heavy (non-hydrogen) atoms. The van der Waals surface area contributed by atoms with Gasteiger partial charge in [0.1, 0.15) is 5.75 Å². The van der Waals surface area contributed by atoms with Crippen LogP contribution in [-0.2, 0) is 0 Å². The number of anilines is 1. The van der Waals surface area contributed by atoms with E-state index in [2.05, 4.69) is 55.7 Å². The highest BCUT2D eigenvalue weighted by Crippen LogP contribution is 2.60. The highest BCUT2D eigenvalue weighted by atomic mass is 31.2. The first-order valence-electron chi connectivity index (χ1n) is 9.45. The highest BCUT2D eigenvalue weighted by Gasteiger charge is 2.32. The Balaban J connectivity index is 1.74. The van der Waals surface area contributed by atoms with E-state index in [1.54, 1.807) is 18.2 Å². The van der Waals surface area contributed by atoms with E-state index in [-0.39, 0.29) is 11.7 Å². The first-order chi connectivity index (χ1) is 13.4. The molecular weight excluding hydrogens is 365 g/mol. The number of phenolic OH excluding ortho intramolecular Hbond substituents is 1. The summed E-state index contributed by atoms with van der Waals surface area (Å²) < 4.78 is 0. The largest absolute Gasteiger partial charge is 0.508 e. The number of allylic oxidation sites excluding steroid dienone is 5. The number of nitrogens with one attached hydrogen (secondary N) is 1. The maximum Gasteiger partial charge on any atom is 0.255 e.